The first-order chi connectivity index (χ1) is 7.86. The van der Waals surface area contributed by atoms with Crippen LogP contribution < -0.4 is 0 Å². The number of amides is 1. The van der Waals surface area contributed by atoms with Gasteiger partial charge < -0.3 is 4.90 Å². The van der Waals surface area contributed by atoms with Crippen LogP contribution in [0.4, 0.5) is 0 Å². The highest BCUT2D eigenvalue weighted by molar-refractivity contribution is 6.00. The van der Waals surface area contributed by atoms with Gasteiger partial charge in [0.25, 0.3) is 5.91 Å². The summed E-state index contributed by atoms with van der Waals surface area (Å²) in [6.07, 6.45) is 5.75. The first-order valence-corrected chi connectivity index (χ1v) is 5.58. The van der Waals surface area contributed by atoms with Crippen molar-refractivity contribution in [1.29, 1.82) is 0 Å². The van der Waals surface area contributed by atoms with Gasteiger partial charge in [0.2, 0.25) is 0 Å². The predicted octanol–water partition coefficient (Wildman–Crippen LogP) is 1.57. The van der Waals surface area contributed by atoms with E-state index < -0.39 is 0 Å². The number of fused-ring (bicyclic) bond motifs is 1. The molecule has 3 rings (SSSR count). The molecule has 1 aliphatic heterocycles. The van der Waals surface area contributed by atoms with Crippen molar-refractivity contribution in [2.24, 2.45) is 0 Å². The molecule has 0 radical (unpaired) electrons. The Labute approximate surface area is 93.5 Å². The summed E-state index contributed by atoms with van der Waals surface area (Å²) in [7, 11) is 0. The fraction of sp³-hybridized carbons (Fsp3) is 0.333. The fourth-order valence-corrected chi connectivity index (χ4v) is 2.19. The maximum atomic E-state index is 12.2. The highest BCUT2D eigenvalue weighted by Crippen LogP contribution is 2.16. The smallest absolute Gasteiger partial charge is 0.257 e. The lowest BCUT2D eigenvalue weighted by atomic mass is 10.2. The lowest BCUT2D eigenvalue weighted by Crippen LogP contribution is -2.27. The topological polar surface area (TPSA) is 37.6 Å². The third-order valence-electron chi connectivity index (χ3n) is 3.05. The lowest BCUT2D eigenvalue weighted by Gasteiger charge is -2.13. The first kappa shape index (κ1) is 9.39. The summed E-state index contributed by atoms with van der Waals surface area (Å²) in [4.78, 5) is 14.1. The molecule has 4 heteroatoms. The molecule has 1 fully saturated rings. The summed E-state index contributed by atoms with van der Waals surface area (Å²) in [5.41, 5.74) is 1.60. The van der Waals surface area contributed by atoms with Crippen LogP contribution in [0.3, 0.4) is 0 Å². The van der Waals surface area contributed by atoms with E-state index >= 15 is 0 Å². The molecule has 0 unspecified atom stereocenters. The molecular weight excluding hydrogens is 202 g/mol. The predicted molar refractivity (Wildman–Crippen MR) is 60.3 cm³/mol. The Balaban J connectivity index is 2.02. The van der Waals surface area contributed by atoms with E-state index in [9.17, 15) is 4.79 Å². The van der Waals surface area contributed by atoms with Crippen LogP contribution >= 0.6 is 0 Å². The molecule has 0 spiro atoms. The molecule has 2 aromatic rings. The molecule has 1 saturated heterocycles. The Hall–Kier alpha value is -1.84. The van der Waals surface area contributed by atoms with E-state index in [2.05, 4.69) is 5.10 Å². The van der Waals surface area contributed by atoms with E-state index in [1.165, 1.54) is 0 Å². The number of nitrogens with zero attached hydrogens (tertiary/aromatic N) is 3. The lowest BCUT2D eigenvalue weighted by molar-refractivity contribution is 0.0794. The number of hydrogen-bond donors (Lipinski definition) is 0. The van der Waals surface area contributed by atoms with Gasteiger partial charge in [-0.15, -0.1) is 0 Å². The zero-order valence-electron chi connectivity index (χ0n) is 8.97. The van der Waals surface area contributed by atoms with Crippen LogP contribution in [0.15, 0.2) is 30.6 Å². The van der Waals surface area contributed by atoms with Gasteiger partial charge in [0, 0.05) is 19.3 Å². The molecule has 16 heavy (non-hydrogen) atoms. The molecule has 0 saturated carbocycles. The maximum absolute atomic E-state index is 12.2. The zero-order chi connectivity index (χ0) is 11.0. The van der Waals surface area contributed by atoms with E-state index in [1.807, 2.05) is 29.3 Å². The molecular formula is C12H13N3O. The minimum Gasteiger partial charge on any atom is -0.339 e. The van der Waals surface area contributed by atoms with Gasteiger partial charge in [-0.1, -0.05) is 6.07 Å². The zero-order valence-corrected chi connectivity index (χ0v) is 8.97. The third kappa shape index (κ3) is 1.38. The number of carbonyl (C=O) groups excluding carboxylic acids is 1. The van der Waals surface area contributed by atoms with Gasteiger partial charge >= 0.3 is 0 Å². The molecule has 4 nitrogen and oxygen atoms in total. The van der Waals surface area contributed by atoms with Crippen molar-refractivity contribution in [3.8, 4) is 0 Å². The van der Waals surface area contributed by atoms with Gasteiger partial charge in [-0.05, 0) is 25.0 Å². The molecule has 0 aromatic carbocycles. The van der Waals surface area contributed by atoms with Gasteiger partial charge in [0.05, 0.1) is 17.3 Å². The van der Waals surface area contributed by atoms with Crippen molar-refractivity contribution in [2.75, 3.05) is 13.1 Å². The Morgan fingerprint density at radius 2 is 2.06 bits per heavy atom. The highest BCUT2D eigenvalue weighted by Gasteiger charge is 2.22. The number of hydrogen-bond acceptors (Lipinski definition) is 2. The minimum atomic E-state index is 0.110. The average Bonchev–Trinajstić information content (AvgIpc) is 2.98. The summed E-state index contributed by atoms with van der Waals surface area (Å²) in [6.45, 7) is 1.76. The normalized spacial score (nSPS) is 15.9. The minimum absolute atomic E-state index is 0.110. The van der Waals surface area contributed by atoms with E-state index in [-0.39, 0.29) is 5.91 Å². The van der Waals surface area contributed by atoms with Gasteiger partial charge in [-0.2, -0.15) is 5.10 Å². The van der Waals surface area contributed by atoms with Crippen molar-refractivity contribution in [3.63, 3.8) is 0 Å². The standard InChI is InChI=1S/C12H13N3O/c16-12(14-6-3-4-7-14)10-9-13-15-8-2-1-5-11(10)15/h1-2,5,8-9H,3-4,6-7H2. The molecule has 1 aliphatic rings. The van der Waals surface area contributed by atoms with Crippen LogP contribution in [-0.4, -0.2) is 33.5 Å². The second-order valence-corrected chi connectivity index (χ2v) is 4.09. The van der Waals surface area contributed by atoms with E-state index in [4.69, 9.17) is 0 Å². The van der Waals surface area contributed by atoms with Crippen LogP contribution in [0.5, 0.6) is 0 Å². The van der Waals surface area contributed by atoms with Crippen molar-refractivity contribution in [2.45, 2.75) is 12.8 Å². The maximum Gasteiger partial charge on any atom is 0.257 e. The fourth-order valence-electron chi connectivity index (χ4n) is 2.19. The molecule has 0 atom stereocenters. The summed E-state index contributed by atoms with van der Waals surface area (Å²) >= 11 is 0. The van der Waals surface area contributed by atoms with Gasteiger partial charge in [0.1, 0.15) is 0 Å². The quantitative estimate of drug-likeness (QED) is 0.724. The van der Waals surface area contributed by atoms with E-state index in [0.29, 0.717) is 5.56 Å². The summed E-state index contributed by atoms with van der Waals surface area (Å²) in [5.74, 6) is 0.110. The number of pyridine rings is 1. The van der Waals surface area contributed by atoms with Gasteiger partial charge in [-0.25, -0.2) is 4.52 Å². The Morgan fingerprint density at radius 3 is 2.88 bits per heavy atom. The third-order valence-corrected chi connectivity index (χ3v) is 3.05. The summed E-state index contributed by atoms with van der Waals surface area (Å²) < 4.78 is 1.74. The first-order valence-electron chi connectivity index (χ1n) is 5.58. The molecule has 82 valence electrons. The summed E-state index contributed by atoms with van der Waals surface area (Å²) in [6, 6.07) is 5.76. The SMILES string of the molecule is O=C(c1cnn2ccccc12)N1CCCC1. The molecule has 2 aromatic heterocycles. The molecule has 0 N–H and O–H groups in total. The van der Waals surface area contributed by atoms with Crippen LogP contribution in [0.2, 0.25) is 0 Å². The second-order valence-electron chi connectivity index (χ2n) is 4.09. The number of rotatable bonds is 1. The Bertz CT molecular complexity index is 526. The number of aromatic nitrogens is 2. The van der Waals surface area contributed by atoms with E-state index in [1.54, 1.807) is 10.7 Å². The van der Waals surface area contributed by atoms with Crippen LogP contribution in [-0.2, 0) is 0 Å². The van der Waals surface area contributed by atoms with Gasteiger partial charge in [0.15, 0.2) is 0 Å². The van der Waals surface area contributed by atoms with Gasteiger partial charge in [-0.3, -0.25) is 4.79 Å². The highest BCUT2D eigenvalue weighted by atomic mass is 16.2. The van der Waals surface area contributed by atoms with Crippen LogP contribution in [0, 0.1) is 0 Å². The summed E-state index contributed by atoms with van der Waals surface area (Å²) in [5, 5.41) is 4.18. The van der Waals surface area contributed by atoms with Crippen molar-refractivity contribution >= 4 is 11.4 Å². The molecule has 3 heterocycles. The Morgan fingerprint density at radius 1 is 1.25 bits per heavy atom. The molecule has 0 bridgehead atoms. The largest absolute Gasteiger partial charge is 0.339 e. The Kier molecular flexibility index (Phi) is 2.13. The van der Waals surface area contributed by atoms with Crippen molar-refractivity contribution in [3.05, 3.63) is 36.2 Å². The monoisotopic (exact) mass is 215 g/mol. The second kappa shape index (κ2) is 3.63. The van der Waals surface area contributed by atoms with Crippen LogP contribution in [0.25, 0.3) is 5.52 Å². The van der Waals surface area contributed by atoms with Crippen molar-refractivity contribution in [1.82, 2.24) is 14.5 Å². The molecule has 1 amide bonds. The number of likely N-dealkylation sites (tertiary alicyclic amines) is 1. The van der Waals surface area contributed by atoms with Crippen LogP contribution in [0.1, 0.15) is 23.2 Å². The average molecular weight is 215 g/mol. The van der Waals surface area contributed by atoms with Crippen molar-refractivity contribution < 1.29 is 4.79 Å². The number of carbonyl (C=O) groups is 1. The molecule has 0 aliphatic carbocycles. The van der Waals surface area contributed by atoms with E-state index in [0.717, 1.165) is 31.4 Å².